The fourth-order valence-electron chi connectivity index (χ4n) is 0.840. The number of thiol groups is 1. The van der Waals surface area contributed by atoms with Crippen LogP contribution in [0.5, 0.6) is 0 Å². The molecule has 11 heavy (non-hydrogen) atoms. The molecule has 60 valence electrons. The molecule has 1 rings (SSSR count). The molecule has 0 aromatic heterocycles. The number of hydrogen-bond acceptors (Lipinski definition) is 1. The molecule has 0 spiro atoms. The van der Waals surface area contributed by atoms with E-state index in [1.54, 1.807) is 12.1 Å². The predicted molar refractivity (Wildman–Crippen MR) is 48.8 cm³/mol. The third kappa shape index (κ3) is 2.11. The van der Waals surface area contributed by atoms with Crippen molar-refractivity contribution in [1.82, 2.24) is 0 Å². The van der Waals surface area contributed by atoms with Gasteiger partial charge in [-0.15, -0.1) is 0 Å². The summed E-state index contributed by atoms with van der Waals surface area (Å²) < 4.78 is 13.0. The first-order valence-electron chi connectivity index (χ1n) is 3.24. The summed E-state index contributed by atoms with van der Waals surface area (Å²) in [5, 5.41) is 0.326. The molecule has 3 heteroatoms. The van der Waals surface area contributed by atoms with Crippen molar-refractivity contribution in [3.63, 3.8) is 0 Å². The van der Waals surface area contributed by atoms with Gasteiger partial charge in [0.2, 0.25) is 0 Å². The van der Waals surface area contributed by atoms with Gasteiger partial charge < -0.3 is 0 Å². The van der Waals surface area contributed by atoms with Gasteiger partial charge in [0.1, 0.15) is 5.82 Å². The van der Waals surface area contributed by atoms with Crippen LogP contribution in [0.2, 0.25) is 5.02 Å². The Morgan fingerprint density at radius 2 is 2.18 bits per heavy atom. The van der Waals surface area contributed by atoms with Gasteiger partial charge >= 0.3 is 0 Å². The van der Waals surface area contributed by atoms with E-state index < -0.39 is 0 Å². The molecule has 0 radical (unpaired) electrons. The van der Waals surface area contributed by atoms with E-state index in [0.717, 1.165) is 0 Å². The van der Waals surface area contributed by atoms with Gasteiger partial charge in [-0.05, 0) is 19.1 Å². The first kappa shape index (κ1) is 8.88. The highest BCUT2D eigenvalue weighted by Crippen LogP contribution is 2.24. The molecule has 1 aromatic rings. The highest BCUT2D eigenvalue weighted by Gasteiger charge is 2.06. The van der Waals surface area contributed by atoms with Gasteiger partial charge in [0.05, 0.1) is 0 Å². The highest BCUT2D eigenvalue weighted by atomic mass is 35.5. The highest BCUT2D eigenvalue weighted by molar-refractivity contribution is 7.80. The van der Waals surface area contributed by atoms with Crippen LogP contribution < -0.4 is 0 Å². The van der Waals surface area contributed by atoms with Gasteiger partial charge in [0.15, 0.2) is 0 Å². The third-order valence-corrected chi connectivity index (χ3v) is 1.93. The first-order valence-corrected chi connectivity index (χ1v) is 4.13. The van der Waals surface area contributed by atoms with Crippen molar-refractivity contribution in [1.29, 1.82) is 0 Å². The fourth-order valence-corrected chi connectivity index (χ4v) is 1.21. The minimum atomic E-state index is -0.292. The number of hydrogen-bond donors (Lipinski definition) is 1. The number of rotatable bonds is 1. The normalized spacial score (nSPS) is 13.1. The third-order valence-electron chi connectivity index (χ3n) is 1.41. The summed E-state index contributed by atoms with van der Waals surface area (Å²) in [6.45, 7) is 1.81. The quantitative estimate of drug-likeness (QED) is 0.645. The topological polar surface area (TPSA) is 0 Å². The molecular formula is C8H8ClFS. The van der Waals surface area contributed by atoms with Crippen LogP contribution in [0, 0.1) is 5.82 Å². The maximum atomic E-state index is 13.0. The smallest absolute Gasteiger partial charge is 0.128 e. The van der Waals surface area contributed by atoms with Crippen molar-refractivity contribution < 1.29 is 4.39 Å². The summed E-state index contributed by atoms with van der Waals surface area (Å²) >= 11 is 9.67. The standard InChI is InChI=1S/C8H8ClFS/c1-5(11)7-3-2-6(9)4-8(7)10/h2-5,11H,1H3. The molecule has 1 atom stereocenters. The van der Waals surface area contributed by atoms with Crippen molar-refractivity contribution in [2.75, 3.05) is 0 Å². The maximum Gasteiger partial charge on any atom is 0.128 e. The van der Waals surface area contributed by atoms with Crippen LogP contribution in [0.3, 0.4) is 0 Å². The van der Waals surface area contributed by atoms with E-state index in [-0.39, 0.29) is 11.1 Å². The summed E-state index contributed by atoms with van der Waals surface area (Å²) in [5.74, 6) is -0.292. The Morgan fingerprint density at radius 1 is 1.55 bits per heavy atom. The zero-order valence-corrected chi connectivity index (χ0v) is 7.66. The lowest BCUT2D eigenvalue weighted by atomic mass is 10.1. The Balaban J connectivity index is 3.09. The Hall–Kier alpha value is -0.210. The minimum Gasteiger partial charge on any atom is -0.207 e. The van der Waals surface area contributed by atoms with Crippen molar-refractivity contribution >= 4 is 24.2 Å². The molecule has 1 unspecified atom stereocenters. The fraction of sp³-hybridized carbons (Fsp3) is 0.250. The van der Waals surface area contributed by atoms with Gasteiger partial charge in [0.25, 0.3) is 0 Å². The van der Waals surface area contributed by atoms with Crippen LogP contribution in [-0.2, 0) is 0 Å². The van der Waals surface area contributed by atoms with E-state index in [2.05, 4.69) is 12.6 Å². The molecule has 0 saturated carbocycles. The minimum absolute atomic E-state index is 0.0905. The van der Waals surface area contributed by atoms with Gasteiger partial charge in [-0.1, -0.05) is 17.7 Å². The zero-order chi connectivity index (χ0) is 8.43. The van der Waals surface area contributed by atoms with Gasteiger partial charge in [-0.25, -0.2) is 4.39 Å². The summed E-state index contributed by atoms with van der Waals surface area (Å²) in [6.07, 6.45) is 0. The lowest BCUT2D eigenvalue weighted by molar-refractivity contribution is 0.611. The van der Waals surface area contributed by atoms with Crippen molar-refractivity contribution in [3.05, 3.63) is 34.6 Å². The molecule has 0 nitrogen and oxygen atoms in total. The van der Waals surface area contributed by atoms with Crippen LogP contribution in [0.15, 0.2) is 18.2 Å². The molecule has 0 fully saturated rings. The van der Waals surface area contributed by atoms with E-state index in [4.69, 9.17) is 11.6 Å². The van der Waals surface area contributed by atoms with Crippen LogP contribution in [0.4, 0.5) is 4.39 Å². The summed E-state index contributed by atoms with van der Waals surface area (Å²) in [4.78, 5) is 0. The Bertz CT molecular complexity index is 260. The van der Waals surface area contributed by atoms with Crippen molar-refractivity contribution in [2.45, 2.75) is 12.2 Å². The van der Waals surface area contributed by atoms with Crippen LogP contribution in [0.1, 0.15) is 17.7 Å². The molecular weight excluding hydrogens is 183 g/mol. The summed E-state index contributed by atoms with van der Waals surface area (Å²) in [6, 6.07) is 4.60. The Morgan fingerprint density at radius 3 is 2.64 bits per heavy atom. The summed E-state index contributed by atoms with van der Waals surface area (Å²) in [5.41, 5.74) is 0.581. The Labute approximate surface area is 75.8 Å². The SMILES string of the molecule is CC(S)c1ccc(Cl)cc1F. The van der Waals surface area contributed by atoms with Crippen LogP contribution in [-0.4, -0.2) is 0 Å². The monoisotopic (exact) mass is 190 g/mol. The lowest BCUT2D eigenvalue weighted by Gasteiger charge is -2.05. The van der Waals surface area contributed by atoms with E-state index in [0.29, 0.717) is 10.6 Å². The molecule has 0 N–H and O–H groups in total. The van der Waals surface area contributed by atoms with Gasteiger partial charge in [-0.3, -0.25) is 0 Å². The lowest BCUT2D eigenvalue weighted by Crippen LogP contribution is -1.89. The molecule has 0 aliphatic heterocycles. The molecule has 0 heterocycles. The molecule has 0 bridgehead atoms. The molecule has 0 aliphatic carbocycles. The zero-order valence-electron chi connectivity index (χ0n) is 6.01. The van der Waals surface area contributed by atoms with Gasteiger partial charge in [0, 0.05) is 15.8 Å². The second-order valence-corrected chi connectivity index (χ2v) is 3.55. The second kappa shape index (κ2) is 3.46. The van der Waals surface area contributed by atoms with Crippen molar-refractivity contribution in [2.24, 2.45) is 0 Å². The van der Waals surface area contributed by atoms with Gasteiger partial charge in [-0.2, -0.15) is 12.6 Å². The van der Waals surface area contributed by atoms with E-state index in [1.807, 2.05) is 6.92 Å². The molecule has 0 aliphatic rings. The Kier molecular flexibility index (Phi) is 2.79. The summed E-state index contributed by atoms with van der Waals surface area (Å²) in [7, 11) is 0. The number of benzene rings is 1. The first-order chi connectivity index (χ1) is 5.11. The van der Waals surface area contributed by atoms with Crippen molar-refractivity contribution in [3.8, 4) is 0 Å². The van der Waals surface area contributed by atoms with Crippen LogP contribution in [0.25, 0.3) is 0 Å². The average molecular weight is 191 g/mol. The predicted octanol–water partition coefficient (Wildman–Crippen LogP) is 3.47. The molecule has 1 aromatic carbocycles. The number of halogens is 2. The maximum absolute atomic E-state index is 13.0. The largest absolute Gasteiger partial charge is 0.207 e. The van der Waals surface area contributed by atoms with E-state index >= 15 is 0 Å². The average Bonchev–Trinajstić information content (AvgIpc) is 1.85. The van der Waals surface area contributed by atoms with E-state index in [9.17, 15) is 4.39 Å². The second-order valence-electron chi connectivity index (χ2n) is 2.34. The van der Waals surface area contributed by atoms with Crippen LogP contribution >= 0.6 is 24.2 Å². The molecule has 0 saturated heterocycles. The molecule has 0 amide bonds. The van der Waals surface area contributed by atoms with E-state index in [1.165, 1.54) is 6.07 Å².